The van der Waals surface area contributed by atoms with Crippen molar-refractivity contribution in [1.82, 2.24) is 0 Å². The Hall–Kier alpha value is -0.720. The number of carbonyl (C=O) groups is 1. The Morgan fingerprint density at radius 1 is 1.44 bits per heavy atom. The fraction of sp³-hybridized carbons (Fsp3) is 0.364. The molecule has 0 radical (unpaired) electrons. The lowest BCUT2D eigenvalue weighted by atomic mass is 10.3. The Morgan fingerprint density at radius 2 is 2.06 bits per heavy atom. The Morgan fingerprint density at radius 3 is 2.56 bits per heavy atom. The highest BCUT2D eigenvalue weighted by Gasteiger charge is 2.15. The third kappa shape index (κ3) is 3.90. The van der Waals surface area contributed by atoms with E-state index in [1.165, 1.54) is 30.0 Å². The molecule has 1 rings (SSSR count). The van der Waals surface area contributed by atoms with Crippen LogP contribution < -0.4 is 5.32 Å². The Bertz CT molecular complexity index is 557. The summed E-state index contributed by atoms with van der Waals surface area (Å²) >= 11 is 7.32. The molecule has 4 nitrogen and oxygen atoms in total. The summed E-state index contributed by atoms with van der Waals surface area (Å²) in [7, 11) is -3.32. The first-order valence-electron chi connectivity index (χ1n) is 5.09. The SMILES string of the molecule is CS[C@H](C)C(=O)Nc1cc(S(C)(=O)=O)ccc1Cl. The third-order valence-corrected chi connectivity index (χ3v) is 4.71. The number of nitrogens with one attached hydrogen (secondary N) is 1. The highest BCUT2D eigenvalue weighted by atomic mass is 35.5. The van der Waals surface area contributed by atoms with E-state index in [1.807, 2.05) is 6.26 Å². The van der Waals surface area contributed by atoms with Crippen molar-refractivity contribution in [2.75, 3.05) is 17.8 Å². The van der Waals surface area contributed by atoms with Gasteiger partial charge < -0.3 is 5.32 Å². The summed E-state index contributed by atoms with van der Waals surface area (Å²) in [6.45, 7) is 1.76. The summed E-state index contributed by atoms with van der Waals surface area (Å²) in [5.74, 6) is -0.213. The summed E-state index contributed by atoms with van der Waals surface area (Å²) in [6, 6.07) is 4.23. The van der Waals surface area contributed by atoms with Crippen LogP contribution in [0.25, 0.3) is 0 Å². The zero-order valence-electron chi connectivity index (χ0n) is 10.2. The largest absolute Gasteiger partial charge is 0.324 e. The Balaban J connectivity index is 3.06. The highest BCUT2D eigenvalue weighted by Crippen LogP contribution is 2.26. The minimum Gasteiger partial charge on any atom is -0.324 e. The van der Waals surface area contributed by atoms with Gasteiger partial charge >= 0.3 is 0 Å². The fourth-order valence-corrected chi connectivity index (χ4v) is 2.26. The van der Waals surface area contributed by atoms with E-state index in [0.29, 0.717) is 10.7 Å². The minimum atomic E-state index is -3.32. The summed E-state index contributed by atoms with van der Waals surface area (Å²) in [4.78, 5) is 11.8. The van der Waals surface area contributed by atoms with E-state index >= 15 is 0 Å². The van der Waals surface area contributed by atoms with E-state index in [2.05, 4.69) is 5.32 Å². The number of thioether (sulfide) groups is 1. The topological polar surface area (TPSA) is 63.2 Å². The van der Waals surface area contributed by atoms with Crippen molar-refractivity contribution in [3.8, 4) is 0 Å². The molecule has 1 amide bonds. The van der Waals surface area contributed by atoms with Gasteiger partial charge in [0.25, 0.3) is 0 Å². The van der Waals surface area contributed by atoms with Crippen LogP contribution in [0.5, 0.6) is 0 Å². The number of sulfone groups is 1. The molecule has 0 unspecified atom stereocenters. The van der Waals surface area contributed by atoms with Crippen LogP contribution >= 0.6 is 23.4 Å². The number of hydrogen-bond donors (Lipinski definition) is 1. The van der Waals surface area contributed by atoms with E-state index in [-0.39, 0.29) is 16.1 Å². The molecular weight excluding hydrogens is 294 g/mol. The Labute approximate surface area is 116 Å². The molecule has 0 fully saturated rings. The molecule has 0 aliphatic carbocycles. The smallest absolute Gasteiger partial charge is 0.237 e. The molecule has 1 aromatic rings. The maximum Gasteiger partial charge on any atom is 0.237 e. The van der Waals surface area contributed by atoms with Crippen molar-refractivity contribution in [2.45, 2.75) is 17.1 Å². The number of anilines is 1. The molecule has 0 heterocycles. The summed E-state index contributed by atoms with van der Waals surface area (Å²) in [5.41, 5.74) is 0.311. The first-order valence-corrected chi connectivity index (χ1v) is 8.64. The molecule has 0 saturated carbocycles. The molecule has 0 aromatic heterocycles. The number of benzene rings is 1. The van der Waals surface area contributed by atoms with Crippen molar-refractivity contribution in [3.63, 3.8) is 0 Å². The number of carbonyl (C=O) groups excluding carboxylic acids is 1. The summed E-state index contributed by atoms with van der Waals surface area (Å²) in [6.07, 6.45) is 2.92. The quantitative estimate of drug-likeness (QED) is 0.928. The first-order chi connectivity index (χ1) is 8.25. The van der Waals surface area contributed by atoms with Crippen LogP contribution in [-0.4, -0.2) is 32.1 Å². The molecule has 0 bridgehead atoms. The molecule has 1 N–H and O–H groups in total. The molecule has 100 valence electrons. The van der Waals surface area contributed by atoms with E-state index in [9.17, 15) is 13.2 Å². The average molecular weight is 308 g/mol. The molecule has 0 aliphatic rings. The standard InChI is InChI=1S/C11H14ClNO3S2/c1-7(17-2)11(14)13-10-6-8(18(3,15)16)4-5-9(10)12/h4-7H,1-3H3,(H,13,14)/t7-/m1/s1. The second-order valence-electron chi connectivity index (χ2n) is 3.78. The van der Waals surface area contributed by atoms with Crippen molar-refractivity contribution >= 4 is 44.8 Å². The fourth-order valence-electron chi connectivity index (χ4n) is 1.17. The van der Waals surface area contributed by atoms with Crippen molar-refractivity contribution in [3.05, 3.63) is 23.2 Å². The third-order valence-electron chi connectivity index (χ3n) is 2.35. The van der Waals surface area contributed by atoms with Gasteiger partial charge in [-0.05, 0) is 31.4 Å². The van der Waals surface area contributed by atoms with Crippen LogP contribution in [0.3, 0.4) is 0 Å². The van der Waals surface area contributed by atoms with Crippen LogP contribution in [0.2, 0.25) is 5.02 Å². The first kappa shape index (κ1) is 15.3. The molecule has 7 heteroatoms. The predicted octanol–water partition coefficient (Wildman–Crippen LogP) is 2.43. The van der Waals surface area contributed by atoms with Gasteiger partial charge in [0.15, 0.2) is 9.84 Å². The van der Waals surface area contributed by atoms with E-state index < -0.39 is 9.84 Å². The van der Waals surface area contributed by atoms with Gasteiger partial charge in [-0.1, -0.05) is 11.6 Å². The summed E-state index contributed by atoms with van der Waals surface area (Å²) in [5, 5.41) is 2.69. The maximum absolute atomic E-state index is 11.7. The normalized spacial score (nSPS) is 13.1. The van der Waals surface area contributed by atoms with Gasteiger partial charge in [-0.2, -0.15) is 11.8 Å². The number of halogens is 1. The highest BCUT2D eigenvalue weighted by molar-refractivity contribution is 7.99. The molecule has 0 aliphatic heterocycles. The monoisotopic (exact) mass is 307 g/mol. The van der Waals surface area contributed by atoms with Gasteiger partial charge in [-0.25, -0.2) is 8.42 Å². The number of hydrogen-bond acceptors (Lipinski definition) is 4. The van der Waals surface area contributed by atoms with Crippen LogP contribution in [0, 0.1) is 0 Å². The van der Waals surface area contributed by atoms with Crippen LogP contribution in [-0.2, 0) is 14.6 Å². The van der Waals surface area contributed by atoms with Crippen LogP contribution in [0.1, 0.15) is 6.92 Å². The number of rotatable bonds is 4. The zero-order chi connectivity index (χ0) is 13.9. The van der Waals surface area contributed by atoms with Crippen LogP contribution in [0.15, 0.2) is 23.1 Å². The second-order valence-corrected chi connectivity index (χ2v) is 7.38. The predicted molar refractivity (Wildman–Crippen MR) is 76.2 cm³/mol. The van der Waals surface area contributed by atoms with E-state index in [1.54, 1.807) is 6.92 Å². The number of amides is 1. The molecule has 18 heavy (non-hydrogen) atoms. The molecule has 1 aromatic carbocycles. The molecular formula is C11H14ClNO3S2. The maximum atomic E-state index is 11.7. The van der Waals surface area contributed by atoms with Gasteiger partial charge in [-0.3, -0.25) is 4.79 Å². The van der Waals surface area contributed by atoms with E-state index in [0.717, 1.165) is 6.26 Å². The molecule has 0 spiro atoms. The lowest BCUT2D eigenvalue weighted by Gasteiger charge is -2.12. The van der Waals surface area contributed by atoms with Gasteiger partial charge in [0.05, 0.1) is 20.9 Å². The Kier molecular flexibility index (Phi) is 5.07. The lowest BCUT2D eigenvalue weighted by molar-refractivity contribution is -0.115. The minimum absolute atomic E-state index is 0.124. The molecule has 0 saturated heterocycles. The zero-order valence-corrected chi connectivity index (χ0v) is 12.6. The second kappa shape index (κ2) is 5.95. The van der Waals surface area contributed by atoms with E-state index in [4.69, 9.17) is 11.6 Å². The summed E-state index contributed by atoms with van der Waals surface area (Å²) < 4.78 is 22.8. The van der Waals surface area contributed by atoms with Crippen molar-refractivity contribution in [1.29, 1.82) is 0 Å². The van der Waals surface area contributed by atoms with Gasteiger partial charge in [-0.15, -0.1) is 0 Å². The van der Waals surface area contributed by atoms with Gasteiger partial charge in [0.2, 0.25) is 5.91 Å². The lowest BCUT2D eigenvalue weighted by Crippen LogP contribution is -2.22. The van der Waals surface area contributed by atoms with Crippen LogP contribution in [0.4, 0.5) is 5.69 Å². The molecule has 1 atom stereocenters. The van der Waals surface area contributed by atoms with Crippen molar-refractivity contribution in [2.24, 2.45) is 0 Å². The average Bonchev–Trinajstić information content (AvgIpc) is 2.29. The van der Waals surface area contributed by atoms with Crippen molar-refractivity contribution < 1.29 is 13.2 Å². The van der Waals surface area contributed by atoms with Gasteiger partial charge in [0.1, 0.15) is 0 Å². The van der Waals surface area contributed by atoms with Gasteiger partial charge in [0, 0.05) is 6.26 Å².